The van der Waals surface area contributed by atoms with Crippen LogP contribution in [0.1, 0.15) is 12.8 Å². The Morgan fingerprint density at radius 3 is 2.28 bits per heavy atom. The number of anilines is 2. The van der Waals surface area contributed by atoms with Crippen molar-refractivity contribution in [3.05, 3.63) is 23.8 Å². The molecule has 0 bridgehead atoms. The first kappa shape index (κ1) is 13.1. The number of piperidine rings is 1. The molecular weight excluding hydrogens is 236 g/mol. The minimum absolute atomic E-state index is 0.303. The Balaban J connectivity index is 2.12. The Morgan fingerprint density at radius 2 is 1.72 bits per heavy atom. The summed E-state index contributed by atoms with van der Waals surface area (Å²) < 4.78 is 26.3. The summed E-state index contributed by atoms with van der Waals surface area (Å²) in [5, 5.41) is 0. The van der Waals surface area contributed by atoms with Gasteiger partial charge in [0.2, 0.25) is 0 Å². The zero-order valence-corrected chi connectivity index (χ0v) is 10.8. The van der Waals surface area contributed by atoms with E-state index in [1.807, 2.05) is 4.90 Å². The number of nitrogen functional groups attached to an aromatic ring is 1. The lowest BCUT2D eigenvalue weighted by Gasteiger charge is -2.37. The number of hydrogen-bond acceptors (Lipinski definition) is 3. The second-order valence-electron chi connectivity index (χ2n) is 5.01. The molecule has 3 nitrogen and oxygen atoms in total. The van der Waals surface area contributed by atoms with Gasteiger partial charge in [0, 0.05) is 31.3 Å². The average Bonchev–Trinajstić information content (AvgIpc) is 2.34. The zero-order valence-electron chi connectivity index (χ0n) is 10.8. The van der Waals surface area contributed by atoms with Crippen molar-refractivity contribution in [2.24, 2.45) is 0 Å². The molecule has 0 amide bonds. The van der Waals surface area contributed by atoms with E-state index in [1.54, 1.807) is 0 Å². The number of hydrogen-bond donors (Lipinski definition) is 1. The maximum atomic E-state index is 13.3. The zero-order chi connectivity index (χ0) is 13.3. The van der Waals surface area contributed by atoms with E-state index in [-0.39, 0.29) is 0 Å². The van der Waals surface area contributed by atoms with Crippen molar-refractivity contribution in [3.8, 4) is 0 Å². The first-order valence-corrected chi connectivity index (χ1v) is 6.15. The van der Waals surface area contributed by atoms with Crippen LogP contribution in [0.2, 0.25) is 0 Å². The molecule has 100 valence electrons. The van der Waals surface area contributed by atoms with Gasteiger partial charge in [-0.15, -0.1) is 0 Å². The van der Waals surface area contributed by atoms with Crippen LogP contribution in [0.15, 0.2) is 12.1 Å². The molecule has 1 heterocycles. The van der Waals surface area contributed by atoms with Crippen molar-refractivity contribution in [3.63, 3.8) is 0 Å². The van der Waals surface area contributed by atoms with E-state index in [9.17, 15) is 8.78 Å². The number of nitrogens with zero attached hydrogens (tertiary/aromatic N) is 2. The van der Waals surface area contributed by atoms with E-state index in [0.29, 0.717) is 17.4 Å². The smallest absolute Gasteiger partial charge is 0.161 e. The first-order chi connectivity index (χ1) is 8.49. The van der Waals surface area contributed by atoms with Crippen LogP contribution in [0, 0.1) is 11.6 Å². The largest absolute Gasteiger partial charge is 0.397 e. The number of halogens is 2. The molecule has 0 saturated carbocycles. The molecule has 1 fully saturated rings. The van der Waals surface area contributed by atoms with Crippen molar-refractivity contribution in [1.82, 2.24) is 4.90 Å². The molecule has 1 aromatic rings. The Bertz CT molecular complexity index is 426. The fourth-order valence-corrected chi connectivity index (χ4v) is 2.45. The first-order valence-electron chi connectivity index (χ1n) is 6.15. The maximum Gasteiger partial charge on any atom is 0.161 e. The molecule has 2 rings (SSSR count). The summed E-state index contributed by atoms with van der Waals surface area (Å²) >= 11 is 0. The molecule has 0 aliphatic carbocycles. The topological polar surface area (TPSA) is 32.5 Å². The lowest BCUT2D eigenvalue weighted by Crippen LogP contribution is -2.42. The van der Waals surface area contributed by atoms with Crippen LogP contribution in [-0.2, 0) is 0 Å². The molecule has 1 aliphatic heterocycles. The third-order valence-corrected chi connectivity index (χ3v) is 3.61. The van der Waals surface area contributed by atoms with Crippen LogP contribution in [0.5, 0.6) is 0 Å². The minimum Gasteiger partial charge on any atom is -0.397 e. The lowest BCUT2D eigenvalue weighted by molar-refractivity contribution is 0.249. The third-order valence-electron chi connectivity index (χ3n) is 3.61. The molecule has 0 atom stereocenters. The summed E-state index contributed by atoms with van der Waals surface area (Å²) in [5.74, 6) is -1.73. The molecule has 1 aromatic carbocycles. The molecule has 5 heteroatoms. The molecule has 2 N–H and O–H groups in total. The maximum absolute atomic E-state index is 13.3. The highest BCUT2D eigenvalue weighted by Crippen LogP contribution is 2.29. The number of rotatable bonds is 2. The van der Waals surface area contributed by atoms with Crippen molar-refractivity contribution >= 4 is 11.4 Å². The van der Waals surface area contributed by atoms with Gasteiger partial charge in [-0.25, -0.2) is 8.78 Å². The SMILES string of the molecule is CN(C)C1CCN(c2cc(F)c(F)cc2N)CC1. The summed E-state index contributed by atoms with van der Waals surface area (Å²) in [4.78, 5) is 4.23. The van der Waals surface area contributed by atoms with Gasteiger partial charge in [-0.3, -0.25) is 0 Å². The molecule has 0 aromatic heterocycles. The average molecular weight is 255 g/mol. The quantitative estimate of drug-likeness (QED) is 0.821. The summed E-state index contributed by atoms with van der Waals surface area (Å²) in [6.07, 6.45) is 2.01. The monoisotopic (exact) mass is 255 g/mol. The van der Waals surface area contributed by atoms with Crippen LogP contribution < -0.4 is 10.6 Å². The molecule has 18 heavy (non-hydrogen) atoms. The lowest BCUT2D eigenvalue weighted by atomic mass is 10.0. The Hall–Kier alpha value is -1.36. The molecule has 0 spiro atoms. The minimum atomic E-state index is -0.889. The van der Waals surface area contributed by atoms with Gasteiger partial charge < -0.3 is 15.5 Å². The second kappa shape index (κ2) is 5.10. The summed E-state index contributed by atoms with van der Waals surface area (Å²) in [5.41, 5.74) is 6.66. The van der Waals surface area contributed by atoms with Crippen LogP contribution in [0.3, 0.4) is 0 Å². The second-order valence-corrected chi connectivity index (χ2v) is 5.01. The highest BCUT2D eigenvalue weighted by molar-refractivity contribution is 5.67. The van der Waals surface area contributed by atoms with Crippen LogP contribution in [0.4, 0.5) is 20.2 Å². The van der Waals surface area contributed by atoms with Crippen molar-refractivity contribution in [2.75, 3.05) is 37.8 Å². The van der Waals surface area contributed by atoms with Crippen molar-refractivity contribution in [2.45, 2.75) is 18.9 Å². The van der Waals surface area contributed by atoms with Crippen molar-refractivity contribution < 1.29 is 8.78 Å². The normalized spacial score (nSPS) is 17.5. The van der Waals surface area contributed by atoms with E-state index in [1.165, 1.54) is 6.07 Å². The van der Waals surface area contributed by atoms with Gasteiger partial charge in [0.15, 0.2) is 11.6 Å². The predicted octanol–water partition coefficient (Wildman–Crippen LogP) is 2.08. The van der Waals surface area contributed by atoms with E-state index in [2.05, 4.69) is 19.0 Å². The Labute approximate surface area is 106 Å². The number of nitrogens with two attached hydrogens (primary N) is 1. The van der Waals surface area contributed by atoms with Gasteiger partial charge in [0.25, 0.3) is 0 Å². The molecule has 0 unspecified atom stereocenters. The van der Waals surface area contributed by atoms with Gasteiger partial charge >= 0.3 is 0 Å². The van der Waals surface area contributed by atoms with Gasteiger partial charge in [0.05, 0.1) is 11.4 Å². The van der Waals surface area contributed by atoms with Crippen molar-refractivity contribution in [1.29, 1.82) is 0 Å². The number of benzene rings is 1. The van der Waals surface area contributed by atoms with Gasteiger partial charge in [-0.2, -0.15) is 0 Å². The fraction of sp³-hybridized carbons (Fsp3) is 0.538. The fourth-order valence-electron chi connectivity index (χ4n) is 2.45. The predicted molar refractivity (Wildman–Crippen MR) is 69.7 cm³/mol. The highest BCUT2D eigenvalue weighted by atomic mass is 19.2. The van der Waals surface area contributed by atoms with Crippen LogP contribution >= 0.6 is 0 Å². The third kappa shape index (κ3) is 2.56. The van der Waals surface area contributed by atoms with Crippen LogP contribution in [-0.4, -0.2) is 38.1 Å². The van der Waals surface area contributed by atoms with Gasteiger partial charge in [-0.05, 0) is 26.9 Å². The van der Waals surface area contributed by atoms with Gasteiger partial charge in [0.1, 0.15) is 0 Å². The summed E-state index contributed by atoms with van der Waals surface area (Å²) in [6.45, 7) is 1.64. The van der Waals surface area contributed by atoms with E-state index < -0.39 is 11.6 Å². The highest BCUT2D eigenvalue weighted by Gasteiger charge is 2.22. The molecule has 1 saturated heterocycles. The van der Waals surface area contributed by atoms with E-state index >= 15 is 0 Å². The summed E-state index contributed by atoms with van der Waals surface area (Å²) in [7, 11) is 4.12. The van der Waals surface area contributed by atoms with E-state index in [0.717, 1.165) is 32.0 Å². The van der Waals surface area contributed by atoms with Gasteiger partial charge in [-0.1, -0.05) is 0 Å². The van der Waals surface area contributed by atoms with E-state index in [4.69, 9.17) is 5.73 Å². The van der Waals surface area contributed by atoms with Crippen LogP contribution in [0.25, 0.3) is 0 Å². The summed E-state index contributed by atoms with van der Waals surface area (Å²) in [6, 6.07) is 2.80. The standard InChI is InChI=1S/C13H19F2N3/c1-17(2)9-3-5-18(6-4-9)13-8-11(15)10(14)7-12(13)16/h7-9H,3-6,16H2,1-2H3. The molecular formula is C13H19F2N3. The molecule has 0 radical (unpaired) electrons. The Morgan fingerprint density at radius 1 is 1.17 bits per heavy atom. The molecule has 1 aliphatic rings. The Kier molecular flexibility index (Phi) is 3.71.